The van der Waals surface area contributed by atoms with E-state index in [1.807, 2.05) is 35.0 Å². The van der Waals surface area contributed by atoms with Gasteiger partial charge in [-0.15, -0.1) is 0 Å². The summed E-state index contributed by atoms with van der Waals surface area (Å²) in [6, 6.07) is 11.6. The van der Waals surface area contributed by atoms with Crippen molar-refractivity contribution in [2.24, 2.45) is 0 Å². The quantitative estimate of drug-likeness (QED) is 0.748. The summed E-state index contributed by atoms with van der Waals surface area (Å²) in [6.45, 7) is 6.47. The van der Waals surface area contributed by atoms with E-state index in [0.29, 0.717) is 5.56 Å². The van der Waals surface area contributed by atoms with Crippen molar-refractivity contribution in [3.63, 3.8) is 0 Å². The SMILES string of the molecule is CC(C)(C)c1ccnn1-c1ccc(C#N)cc1. The Kier molecular flexibility index (Phi) is 2.72. The standard InChI is InChI=1S/C14H15N3/c1-14(2,3)13-8-9-16-17(13)12-6-4-11(10-15)5-7-12/h4-9H,1-3H3. The zero-order valence-electron chi connectivity index (χ0n) is 10.3. The average Bonchev–Trinajstić information content (AvgIpc) is 2.78. The molecule has 0 spiro atoms. The van der Waals surface area contributed by atoms with Gasteiger partial charge in [-0.05, 0) is 30.3 Å². The van der Waals surface area contributed by atoms with E-state index in [0.717, 1.165) is 11.4 Å². The van der Waals surface area contributed by atoms with E-state index in [2.05, 4.69) is 31.9 Å². The minimum absolute atomic E-state index is 0.0460. The van der Waals surface area contributed by atoms with Crippen molar-refractivity contribution in [1.29, 1.82) is 5.26 Å². The van der Waals surface area contributed by atoms with Crippen LogP contribution in [-0.4, -0.2) is 9.78 Å². The lowest BCUT2D eigenvalue weighted by atomic mass is 9.92. The number of nitriles is 1. The van der Waals surface area contributed by atoms with Crippen molar-refractivity contribution in [3.8, 4) is 11.8 Å². The normalized spacial score (nSPS) is 11.2. The Morgan fingerprint density at radius 3 is 2.29 bits per heavy atom. The Bertz CT molecular complexity index is 550. The molecule has 0 N–H and O–H groups in total. The summed E-state index contributed by atoms with van der Waals surface area (Å²) in [5.41, 5.74) is 2.85. The third-order valence-corrected chi connectivity index (χ3v) is 2.65. The van der Waals surface area contributed by atoms with Crippen LogP contribution in [0, 0.1) is 11.3 Å². The molecule has 0 fully saturated rings. The van der Waals surface area contributed by atoms with Gasteiger partial charge in [0.05, 0.1) is 17.3 Å². The zero-order valence-corrected chi connectivity index (χ0v) is 10.3. The predicted molar refractivity (Wildman–Crippen MR) is 67.0 cm³/mol. The second kappa shape index (κ2) is 4.06. The maximum absolute atomic E-state index is 8.77. The molecule has 0 saturated carbocycles. The van der Waals surface area contributed by atoms with E-state index < -0.39 is 0 Å². The van der Waals surface area contributed by atoms with Crippen LogP contribution in [0.1, 0.15) is 32.0 Å². The second-order valence-electron chi connectivity index (χ2n) is 5.04. The van der Waals surface area contributed by atoms with Gasteiger partial charge in [0.1, 0.15) is 0 Å². The molecule has 2 aromatic rings. The number of rotatable bonds is 1. The van der Waals surface area contributed by atoms with Gasteiger partial charge >= 0.3 is 0 Å². The van der Waals surface area contributed by atoms with E-state index in [1.54, 1.807) is 6.20 Å². The van der Waals surface area contributed by atoms with Crippen molar-refractivity contribution >= 4 is 0 Å². The molecular formula is C14H15N3. The Balaban J connectivity index is 2.47. The third-order valence-electron chi connectivity index (χ3n) is 2.65. The van der Waals surface area contributed by atoms with Crippen molar-refractivity contribution < 1.29 is 0 Å². The lowest BCUT2D eigenvalue weighted by Crippen LogP contribution is -2.17. The maximum atomic E-state index is 8.77. The van der Waals surface area contributed by atoms with Gasteiger partial charge in [0.2, 0.25) is 0 Å². The molecule has 2 rings (SSSR count). The number of benzene rings is 1. The van der Waals surface area contributed by atoms with Crippen molar-refractivity contribution in [3.05, 3.63) is 47.8 Å². The van der Waals surface area contributed by atoms with Crippen LogP contribution in [0.15, 0.2) is 36.5 Å². The average molecular weight is 225 g/mol. The number of aromatic nitrogens is 2. The monoisotopic (exact) mass is 225 g/mol. The molecule has 17 heavy (non-hydrogen) atoms. The van der Waals surface area contributed by atoms with Gasteiger partial charge in [-0.25, -0.2) is 4.68 Å². The molecule has 0 aliphatic rings. The molecule has 0 aliphatic heterocycles. The van der Waals surface area contributed by atoms with Gasteiger partial charge < -0.3 is 0 Å². The van der Waals surface area contributed by atoms with E-state index in [9.17, 15) is 0 Å². The Morgan fingerprint density at radius 1 is 1.12 bits per heavy atom. The largest absolute Gasteiger partial charge is 0.237 e. The lowest BCUT2D eigenvalue weighted by molar-refractivity contribution is 0.544. The molecule has 1 aromatic carbocycles. The molecule has 0 saturated heterocycles. The first-order valence-electron chi connectivity index (χ1n) is 5.57. The Hall–Kier alpha value is -2.08. The van der Waals surface area contributed by atoms with Crippen molar-refractivity contribution in [2.75, 3.05) is 0 Å². The fourth-order valence-corrected chi connectivity index (χ4v) is 1.75. The molecular weight excluding hydrogens is 210 g/mol. The molecule has 86 valence electrons. The first-order chi connectivity index (χ1) is 8.02. The first-order valence-corrected chi connectivity index (χ1v) is 5.57. The zero-order chi connectivity index (χ0) is 12.5. The van der Waals surface area contributed by atoms with Crippen molar-refractivity contribution in [1.82, 2.24) is 9.78 Å². The first kappa shape index (κ1) is 11.4. The van der Waals surface area contributed by atoms with E-state index in [-0.39, 0.29) is 5.41 Å². The molecule has 0 amide bonds. The number of hydrogen-bond acceptors (Lipinski definition) is 2. The Labute approximate surface area is 101 Å². The molecule has 0 radical (unpaired) electrons. The van der Waals surface area contributed by atoms with Gasteiger partial charge in [0.25, 0.3) is 0 Å². The van der Waals surface area contributed by atoms with Crippen LogP contribution in [0.2, 0.25) is 0 Å². The fraction of sp³-hybridized carbons (Fsp3) is 0.286. The predicted octanol–water partition coefficient (Wildman–Crippen LogP) is 3.04. The van der Waals surface area contributed by atoms with E-state index >= 15 is 0 Å². The molecule has 3 nitrogen and oxygen atoms in total. The smallest absolute Gasteiger partial charge is 0.0991 e. The van der Waals surface area contributed by atoms with Crippen LogP contribution < -0.4 is 0 Å². The van der Waals surface area contributed by atoms with Crippen LogP contribution in [-0.2, 0) is 5.41 Å². The molecule has 0 bridgehead atoms. The summed E-state index contributed by atoms with van der Waals surface area (Å²) in [5.74, 6) is 0. The van der Waals surface area contributed by atoms with Gasteiger partial charge in [-0.3, -0.25) is 0 Å². The van der Waals surface area contributed by atoms with Crippen LogP contribution in [0.25, 0.3) is 5.69 Å². The summed E-state index contributed by atoms with van der Waals surface area (Å²) < 4.78 is 1.92. The maximum Gasteiger partial charge on any atom is 0.0991 e. The van der Waals surface area contributed by atoms with Crippen LogP contribution in [0.4, 0.5) is 0 Å². The van der Waals surface area contributed by atoms with Gasteiger partial charge in [-0.2, -0.15) is 10.4 Å². The van der Waals surface area contributed by atoms with E-state index in [4.69, 9.17) is 5.26 Å². The summed E-state index contributed by atoms with van der Waals surface area (Å²) >= 11 is 0. The van der Waals surface area contributed by atoms with E-state index in [1.165, 1.54) is 0 Å². The highest BCUT2D eigenvalue weighted by molar-refractivity contribution is 5.40. The number of hydrogen-bond donors (Lipinski definition) is 0. The van der Waals surface area contributed by atoms with Crippen molar-refractivity contribution in [2.45, 2.75) is 26.2 Å². The molecule has 0 aliphatic carbocycles. The molecule has 1 aromatic heterocycles. The molecule has 1 heterocycles. The summed E-state index contributed by atoms with van der Waals surface area (Å²) in [7, 11) is 0. The molecule has 3 heteroatoms. The number of nitrogens with zero attached hydrogens (tertiary/aromatic N) is 3. The molecule has 0 unspecified atom stereocenters. The highest BCUT2D eigenvalue weighted by Crippen LogP contribution is 2.24. The second-order valence-corrected chi connectivity index (χ2v) is 5.04. The lowest BCUT2D eigenvalue weighted by Gasteiger charge is -2.20. The van der Waals surface area contributed by atoms with Crippen LogP contribution in [0.3, 0.4) is 0 Å². The minimum Gasteiger partial charge on any atom is -0.237 e. The molecule has 0 atom stereocenters. The van der Waals surface area contributed by atoms with Gasteiger partial charge in [0.15, 0.2) is 0 Å². The minimum atomic E-state index is 0.0460. The van der Waals surface area contributed by atoms with Crippen LogP contribution in [0.5, 0.6) is 0 Å². The highest BCUT2D eigenvalue weighted by Gasteiger charge is 2.19. The van der Waals surface area contributed by atoms with Gasteiger partial charge in [-0.1, -0.05) is 20.8 Å². The third kappa shape index (κ3) is 2.21. The van der Waals surface area contributed by atoms with Gasteiger partial charge in [0, 0.05) is 17.3 Å². The van der Waals surface area contributed by atoms with Crippen LogP contribution >= 0.6 is 0 Å². The topological polar surface area (TPSA) is 41.6 Å². The Morgan fingerprint density at radius 2 is 1.76 bits per heavy atom. The summed E-state index contributed by atoms with van der Waals surface area (Å²) in [4.78, 5) is 0. The highest BCUT2D eigenvalue weighted by atomic mass is 15.3. The summed E-state index contributed by atoms with van der Waals surface area (Å²) in [5, 5.41) is 13.1. The fourth-order valence-electron chi connectivity index (χ4n) is 1.75. The summed E-state index contributed by atoms with van der Waals surface area (Å²) in [6.07, 6.45) is 1.80.